The molecule has 1 fully saturated rings. The molecule has 98 valence electrons. The monoisotopic (exact) mass is 247 g/mol. The Hall–Kier alpha value is -1.35. The lowest BCUT2D eigenvalue weighted by Gasteiger charge is -2.20. The summed E-state index contributed by atoms with van der Waals surface area (Å²) in [5.74, 6) is -0.0903. The normalized spacial score (nSPS) is 24.3. The van der Waals surface area contributed by atoms with Crippen molar-refractivity contribution in [3.05, 3.63) is 35.9 Å². The van der Waals surface area contributed by atoms with E-state index in [-0.39, 0.29) is 6.42 Å². The van der Waals surface area contributed by atoms with Gasteiger partial charge in [0.1, 0.15) is 0 Å². The van der Waals surface area contributed by atoms with E-state index in [1.807, 2.05) is 6.07 Å². The van der Waals surface area contributed by atoms with Crippen LogP contribution in [0.2, 0.25) is 0 Å². The average Bonchev–Trinajstić information content (AvgIpc) is 2.72. The van der Waals surface area contributed by atoms with Gasteiger partial charge in [0, 0.05) is 19.0 Å². The highest BCUT2D eigenvalue weighted by Crippen LogP contribution is 2.31. The van der Waals surface area contributed by atoms with Crippen molar-refractivity contribution in [1.29, 1.82) is 0 Å². The van der Waals surface area contributed by atoms with Gasteiger partial charge in [0.05, 0.1) is 0 Å². The van der Waals surface area contributed by atoms with Crippen molar-refractivity contribution in [2.45, 2.75) is 38.1 Å². The Morgan fingerprint density at radius 2 is 2.11 bits per heavy atom. The lowest BCUT2D eigenvalue weighted by Crippen LogP contribution is -2.28. The minimum atomic E-state index is -0.693. The molecular weight excluding hydrogens is 226 g/mol. The zero-order chi connectivity index (χ0) is 13.0. The minimum Gasteiger partial charge on any atom is -0.481 e. The van der Waals surface area contributed by atoms with Gasteiger partial charge in [-0.15, -0.1) is 0 Å². The first kappa shape index (κ1) is 13.1. The van der Waals surface area contributed by atoms with Crippen molar-refractivity contribution in [2.75, 3.05) is 13.1 Å². The summed E-state index contributed by atoms with van der Waals surface area (Å²) in [5.41, 5.74) is 1.41. The lowest BCUT2D eigenvalue weighted by atomic mass is 9.97. The largest absolute Gasteiger partial charge is 0.481 e. The number of likely N-dealkylation sites (tertiary alicyclic amines) is 1. The molecule has 1 heterocycles. The lowest BCUT2D eigenvalue weighted by molar-refractivity contribution is -0.137. The number of benzene rings is 1. The molecule has 2 rings (SSSR count). The van der Waals surface area contributed by atoms with Crippen molar-refractivity contribution < 1.29 is 9.90 Å². The maximum atomic E-state index is 10.5. The summed E-state index contributed by atoms with van der Waals surface area (Å²) in [6.07, 6.45) is 2.21. The van der Waals surface area contributed by atoms with Crippen molar-refractivity contribution in [3.8, 4) is 0 Å². The summed E-state index contributed by atoms with van der Waals surface area (Å²) in [6, 6.07) is 11.2. The zero-order valence-corrected chi connectivity index (χ0v) is 10.9. The van der Waals surface area contributed by atoms with Gasteiger partial charge in [0.2, 0.25) is 0 Å². The molecule has 0 amide bonds. The molecular formula is C15H21NO2. The molecule has 1 aromatic carbocycles. The molecule has 0 saturated carbocycles. The standard InChI is InChI=1S/C15H21NO2/c1-12-10-14(13-6-3-2-4-7-13)11-16(12)9-5-8-15(17)18/h2-4,6-7,12,14H,5,8-11H2,1H3,(H,17,18)/t12-,14-/m1/s1. The summed E-state index contributed by atoms with van der Waals surface area (Å²) in [4.78, 5) is 12.9. The molecule has 18 heavy (non-hydrogen) atoms. The van der Waals surface area contributed by atoms with Crippen LogP contribution in [-0.4, -0.2) is 35.1 Å². The maximum absolute atomic E-state index is 10.5. The summed E-state index contributed by atoms with van der Waals surface area (Å²) in [7, 11) is 0. The number of hydrogen-bond acceptors (Lipinski definition) is 2. The summed E-state index contributed by atoms with van der Waals surface area (Å²) in [6.45, 7) is 4.20. The molecule has 1 aliphatic heterocycles. The van der Waals surface area contributed by atoms with Crippen LogP contribution in [0.25, 0.3) is 0 Å². The number of carbonyl (C=O) groups is 1. The van der Waals surface area contributed by atoms with Crippen molar-refractivity contribution in [2.24, 2.45) is 0 Å². The SMILES string of the molecule is C[C@@H]1C[C@@H](c2ccccc2)CN1CCCC(=O)O. The highest BCUT2D eigenvalue weighted by atomic mass is 16.4. The number of rotatable bonds is 5. The fraction of sp³-hybridized carbons (Fsp3) is 0.533. The third kappa shape index (κ3) is 3.33. The van der Waals surface area contributed by atoms with Crippen LogP contribution in [0.3, 0.4) is 0 Å². The Labute approximate surface area is 108 Å². The molecule has 0 aromatic heterocycles. The van der Waals surface area contributed by atoms with Gasteiger partial charge in [-0.1, -0.05) is 30.3 Å². The van der Waals surface area contributed by atoms with Gasteiger partial charge in [0.25, 0.3) is 0 Å². The van der Waals surface area contributed by atoms with E-state index in [1.165, 1.54) is 12.0 Å². The van der Waals surface area contributed by atoms with E-state index >= 15 is 0 Å². The van der Waals surface area contributed by atoms with Crippen LogP contribution in [-0.2, 0) is 4.79 Å². The Kier molecular flexibility index (Phi) is 4.37. The summed E-state index contributed by atoms with van der Waals surface area (Å²) >= 11 is 0. The summed E-state index contributed by atoms with van der Waals surface area (Å²) in [5, 5.41) is 8.66. The summed E-state index contributed by atoms with van der Waals surface area (Å²) < 4.78 is 0. The topological polar surface area (TPSA) is 40.5 Å². The second kappa shape index (κ2) is 6.01. The average molecular weight is 247 g/mol. The van der Waals surface area contributed by atoms with Gasteiger partial charge in [-0.3, -0.25) is 4.79 Å². The van der Waals surface area contributed by atoms with Crippen molar-refractivity contribution >= 4 is 5.97 Å². The predicted octanol–water partition coefficient (Wildman–Crippen LogP) is 2.73. The Morgan fingerprint density at radius 1 is 1.39 bits per heavy atom. The second-order valence-corrected chi connectivity index (χ2v) is 5.18. The second-order valence-electron chi connectivity index (χ2n) is 5.18. The third-order valence-corrected chi connectivity index (χ3v) is 3.81. The van der Waals surface area contributed by atoms with E-state index in [4.69, 9.17) is 5.11 Å². The molecule has 3 heteroatoms. The van der Waals surface area contributed by atoms with Gasteiger partial charge in [-0.25, -0.2) is 0 Å². The molecule has 1 aliphatic rings. The van der Waals surface area contributed by atoms with Gasteiger partial charge in [-0.05, 0) is 37.8 Å². The molecule has 1 saturated heterocycles. The molecule has 1 N–H and O–H groups in total. The van der Waals surface area contributed by atoms with Crippen molar-refractivity contribution in [1.82, 2.24) is 4.90 Å². The fourth-order valence-electron chi connectivity index (χ4n) is 2.81. The highest BCUT2D eigenvalue weighted by molar-refractivity contribution is 5.66. The predicted molar refractivity (Wildman–Crippen MR) is 71.7 cm³/mol. The zero-order valence-electron chi connectivity index (χ0n) is 10.9. The first-order valence-electron chi connectivity index (χ1n) is 6.67. The smallest absolute Gasteiger partial charge is 0.303 e. The van der Waals surface area contributed by atoms with Crippen LogP contribution in [0.4, 0.5) is 0 Å². The quantitative estimate of drug-likeness (QED) is 0.869. The molecule has 0 radical (unpaired) electrons. The molecule has 0 bridgehead atoms. The third-order valence-electron chi connectivity index (χ3n) is 3.81. The van der Waals surface area contributed by atoms with E-state index < -0.39 is 5.97 Å². The fourth-order valence-corrected chi connectivity index (χ4v) is 2.81. The van der Waals surface area contributed by atoms with Gasteiger partial charge < -0.3 is 10.0 Å². The van der Waals surface area contributed by atoms with Crippen LogP contribution < -0.4 is 0 Å². The van der Waals surface area contributed by atoms with E-state index in [9.17, 15) is 4.79 Å². The number of carboxylic acids is 1. The molecule has 3 nitrogen and oxygen atoms in total. The minimum absolute atomic E-state index is 0.277. The van der Waals surface area contributed by atoms with E-state index in [0.717, 1.165) is 19.5 Å². The Balaban J connectivity index is 1.87. The molecule has 0 aliphatic carbocycles. The molecule has 2 atom stereocenters. The number of aliphatic carboxylic acids is 1. The maximum Gasteiger partial charge on any atom is 0.303 e. The van der Waals surface area contributed by atoms with E-state index in [1.54, 1.807) is 0 Å². The first-order chi connectivity index (χ1) is 8.66. The van der Waals surface area contributed by atoms with Gasteiger partial charge in [-0.2, -0.15) is 0 Å². The first-order valence-corrected chi connectivity index (χ1v) is 6.67. The van der Waals surface area contributed by atoms with Crippen LogP contribution in [0.15, 0.2) is 30.3 Å². The van der Waals surface area contributed by atoms with Gasteiger partial charge >= 0.3 is 5.97 Å². The molecule has 1 aromatic rings. The van der Waals surface area contributed by atoms with Crippen LogP contribution >= 0.6 is 0 Å². The number of hydrogen-bond donors (Lipinski definition) is 1. The number of nitrogens with zero attached hydrogens (tertiary/aromatic N) is 1. The van der Waals surface area contributed by atoms with Gasteiger partial charge in [0.15, 0.2) is 0 Å². The van der Waals surface area contributed by atoms with E-state index in [2.05, 4.69) is 36.1 Å². The number of carboxylic acid groups (broad SMARTS) is 1. The van der Waals surface area contributed by atoms with Crippen molar-refractivity contribution in [3.63, 3.8) is 0 Å². The molecule has 0 spiro atoms. The van der Waals surface area contributed by atoms with Crippen LogP contribution in [0.1, 0.15) is 37.7 Å². The Morgan fingerprint density at radius 3 is 2.78 bits per heavy atom. The Bertz CT molecular complexity index is 391. The molecule has 0 unspecified atom stereocenters. The highest BCUT2D eigenvalue weighted by Gasteiger charge is 2.29. The van der Waals surface area contributed by atoms with Crippen LogP contribution in [0, 0.1) is 0 Å². The van der Waals surface area contributed by atoms with E-state index in [0.29, 0.717) is 12.0 Å². The van der Waals surface area contributed by atoms with Crippen LogP contribution in [0.5, 0.6) is 0 Å².